The minimum Gasteiger partial charge on any atom is -0.481 e. The number of carboxylic acid groups (broad SMARTS) is 1. The summed E-state index contributed by atoms with van der Waals surface area (Å²) < 4.78 is 0. The van der Waals surface area contributed by atoms with Gasteiger partial charge in [-0.25, -0.2) is 0 Å². The SMILES string of the molecule is O=C(Nc1ccc(CN2CCCCC2)cc1)[C@@H]1[C@H]2CC[C@@H](C2)[C@@H]1C(=O)O. The molecule has 1 amide bonds. The zero-order valence-electron chi connectivity index (χ0n) is 15.2. The van der Waals surface area contributed by atoms with Gasteiger partial charge in [-0.05, 0) is 74.7 Å². The van der Waals surface area contributed by atoms with Crippen LogP contribution in [0.15, 0.2) is 24.3 Å². The van der Waals surface area contributed by atoms with E-state index in [-0.39, 0.29) is 23.7 Å². The summed E-state index contributed by atoms with van der Waals surface area (Å²) in [5, 5.41) is 12.5. The topological polar surface area (TPSA) is 69.6 Å². The Balaban J connectivity index is 1.37. The first-order valence-corrected chi connectivity index (χ1v) is 9.97. The first kappa shape index (κ1) is 17.5. The molecular weight excluding hydrogens is 328 g/mol. The Labute approximate surface area is 154 Å². The molecule has 2 saturated carbocycles. The fourth-order valence-corrected chi connectivity index (χ4v) is 5.32. The molecule has 4 atom stereocenters. The maximum atomic E-state index is 12.7. The van der Waals surface area contributed by atoms with Crippen LogP contribution >= 0.6 is 0 Å². The quantitative estimate of drug-likeness (QED) is 0.849. The van der Waals surface area contributed by atoms with E-state index in [2.05, 4.69) is 22.3 Å². The number of nitrogens with zero attached hydrogens (tertiary/aromatic N) is 1. The second-order valence-electron chi connectivity index (χ2n) is 8.25. The van der Waals surface area contributed by atoms with Crippen LogP contribution in [0.25, 0.3) is 0 Å². The number of benzene rings is 1. The number of fused-ring (bicyclic) bond motifs is 2. The van der Waals surface area contributed by atoms with Gasteiger partial charge in [0, 0.05) is 12.2 Å². The molecule has 5 nitrogen and oxygen atoms in total. The van der Waals surface area contributed by atoms with E-state index in [4.69, 9.17) is 0 Å². The molecule has 140 valence electrons. The van der Waals surface area contributed by atoms with Gasteiger partial charge in [0.15, 0.2) is 0 Å². The number of hydrogen-bond acceptors (Lipinski definition) is 3. The van der Waals surface area contributed by atoms with Crippen LogP contribution in [-0.2, 0) is 16.1 Å². The van der Waals surface area contributed by atoms with Gasteiger partial charge in [-0.2, -0.15) is 0 Å². The van der Waals surface area contributed by atoms with Crippen molar-refractivity contribution in [2.75, 3.05) is 18.4 Å². The van der Waals surface area contributed by atoms with E-state index in [0.29, 0.717) is 0 Å². The molecule has 1 aromatic carbocycles. The third-order valence-electron chi connectivity index (χ3n) is 6.58. The molecule has 2 N–H and O–H groups in total. The van der Waals surface area contributed by atoms with Gasteiger partial charge in [-0.1, -0.05) is 18.6 Å². The van der Waals surface area contributed by atoms with Crippen LogP contribution in [0, 0.1) is 23.7 Å². The summed E-state index contributed by atoms with van der Waals surface area (Å²) in [5.74, 6) is -1.39. The van der Waals surface area contributed by atoms with E-state index >= 15 is 0 Å². The van der Waals surface area contributed by atoms with Crippen LogP contribution < -0.4 is 5.32 Å². The molecular formula is C21H28N2O3. The van der Waals surface area contributed by atoms with E-state index in [1.54, 1.807) is 0 Å². The zero-order valence-corrected chi connectivity index (χ0v) is 15.2. The molecule has 0 unspecified atom stereocenters. The number of amides is 1. The van der Waals surface area contributed by atoms with E-state index < -0.39 is 11.9 Å². The number of carbonyl (C=O) groups excluding carboxylic acids is 1. The average Bonchev–Trinajstić information content (AvgIpc) is 3.25. The number of aliphatic carboxylic acids is 1. The molecule has 0 spiro atoms. The van der Waals surface area contributed by atoms with Gasteiger partial charge in [0.25, 0.3) is 0 Å². The summed E-state index contributed by atoms with van der Waals surface area (Å²) in [6.07, 6.45) is 6.73. The van der Waals surface area contributed by atoms with E-state index in [1.165, 1.54) is 37.9 Å². The Morgan fingerprint density at radius 1 is 1.00 bits per heavy atom. The molecule has 4 rings (SSSR count). The molecule has 26 heavy (non-hydrogen) atoms. The molecule has 2 bridgehead atoms. The maximum Gasteiger partial charge on any atom is 0.307 e. The second kappa shape index (κ2) is 7.39. The van der Waals surface area contributed by atoms with Gasteiger partial charge in [0.2, 0.25) is 5.91 Å². The maximum absolute atomic E-state index is 12.7. The number of carboxylic acids is 1. The Morgan fingerprint density at radius 3 is 2.31 bits per heavy atom. The Bertz CT molecular complexity index is 666. The van der Waals surface area contributed by atoms with Crippen molar-refractivity contribution < 1.29 is 14.7 Å². The lowest BCUT2D eigenvalue weighted by Crippen LogP contribution is -2.37. The van der Waals surface area contributed by atoms with Crippen molar-refractivity contribution in [1.82, 2.24) is 4.90 Å². The highest BCUT2D eigenvalue weighted by molar-refractivity contribution is 5.96. The molecule has 5 heteroatoms. The third-order valence-corrected chi connectivity index (χ3v) is 6.58. The van der Waals surface area contributed by atoms with Gasteiger partial charge >= 0.3 is 5.97 Å². The normalized spacial score (nSPS) is 31.1. The summed E-state index contributed by atoms with van der Waals surface area (Å²) >= 11 is 0. The predicted molar refractivity (Wildman–Crippen MR) is 99.6 cm³/mol. The molecule has 1 saturated heterocycles. The van der Waals surface area contributed by atoms with Crippen molar-refractivity contribution in [3.05, 3.63) is 29.8 Å². The fourth-order valence-electron chi connectivity index (χ4n) is 5.32. The summed E-state index contributed by atoms with van der Waals surface area (Å²) in [6, 6.07) is 8.03. The highest BCUT2D eigenvalue weighted by Gasteiger charge is 2.53. The standard InChI is InChI=1S/C21H28N2O3/c24-20(18-15-6-7-16(12-15)19(18)21(25)26)22-17-8-4-14(5-9-17)13-23-10-2-1-3-11-23/h4-5,8-9,15-16,18-19H,1-3,6-7,10-13H2,(H,22,24)(H,25,26)/t15-,16-,18+,19-/m0/s1. The summed E-state index contributed by atoms with van der Waals surface area (Å²) in [6.45, 7) is 3.29. The lowest BCUT2D eigenvalue weighted by Gasteiger charge is -2.27. The van der Waals surface area contributed by atoms with Crippen LogP contribution in [0.3, 0.4) is 0 Å². The number of carbonyl (C=O) groups is 2. The summed E-state index contributed by atoms with van der Waals surface area (Å²) in [7, 11) is 0. The van der Waals surface area contributed by atoms with Crippen LogP contribution in [0.5, 0.6) is 0 Å². The Hall–Kier alpha value is -1.88. The Kier molecular flexibility index (Phi) is 4.98. The van der Waals surface area contributed by atoms with E-state index in [1.807, 2.05) is 12.1 Å². The smallest absolute Gasteiger partial charge is 0.307 e. The van der Waals surface area contributed by atoms with Crippen molar-refractivity contribution in [3.8, 4) is 0 Å². The van der Waals surface area contributed by atoms with Crippen molar-refractivity contribution >= 4 is 17.6 Å². The largest absolute Gasteiger partial charge is 0.481 e. The van der Waals surface area contributed by atoms with E-state index in [9.17, 15) is 14.7 Å². The number of rotatable bonds is 5. The van der Waals surface area contributed by atoms with Crippen LogP contribution in [0.4, 0.5) is 5.69 Å². The van der Waals surface area contributed by atoms with Gasteiger partial charge in [-0.3, -0.25) is 14.5 Å². The molecule has 0 aromatic heterocycles. The lowest BCUT2D eigenvalue weighted by molar-refractivity contribution is -0.148. The summed E-state index contributed by atoms with van der Waals surface area (Å²) in [5.41, 5.74) is 2.03. The number of anilines is 1. The third kappa shape index (κ3) is 3.50. The molecule has 1 aromatic rings. The van der Waals surface area contributed by atoms with Crippen LogP contribution in [-0.4, -0.2) is 35.0 Å². The molecule has 3 fully saturated rings. The molecule has 1 heterocycles. The first-order valence-electron chi connectivity index (χ1n) is 9.97. The van der Waals surface area contributed by atoms with Crippen molar-refractivity contribution in [3.63, 3.8) is 0 Å². The molecule has 0 radical (unpaired) electrons. The van der Waals surface area contributed by atoms with Gasteiger partial charge in [0.1, 0.15) is 0 Å². The molecule has 3 aliphatic rings. The minimum absolute atomic E-state index is 0.117. The molecule has 1 aliphatic heterocycles. The second-order valence-corrected chi connectivity index (χ2v) is 8.25. The van der Waals surface area contributed by atoms with Crippen molar-refractivity contribution in [1.29, 1.82) is 0 Å². The van der Waals surface area contributed by atoms with Crippen molar-refractivity contribution in [2.45, 2.75) is 45.1 Å². The number of hydrogen-bond donors (Lipinski definition) is 2. The van der Waals surface area contributed by atoms with Gasteiger partial charge in [0.05, 0.1) is 11.8 Å². The molecule has 2 aliphatic carbocycles. The van der Waals surface area contributed by atoms with Crippen molar-refractivity contribution in [2.24, 2.45) is 23.7 Å². The zero-order chi connectivity index (χ0) is 18.1. The highest BCUT2D eigenvalue weighted by atomic mass is 16.4. The predicted octanol–water partition coefficient (Wildman–Crippen LogP) is 3.36. The lowest BCUT2D eigenvalue weighted by atomic mass is 9.78. The van der Waals surface area contributed by atoms with Crippen LogP contribution in [0.2, 0.25) is 0 Å². The number of nitrogens with one attached hydrogen (secondary N) is 1. The van der Waals surface area contributed by atoms with Gasteiger partial charge < -0.3 is 10.4 Å². The number of piperidine rings is 1. The van der Waals surface area contributed by atoms with E-state index in [0.717, 1.165) is 31.5 Å². The van der Waals surface area contributed by atoms with Crippen LogP contribution in [0.1, 0.15) is 44.1 Å². The average molecular weight is 356 g/mol. The fraction of sp³-hybridized carbons (Fsp3) is 0.619. The highest BCUT2D eigenvalue weighted by Crippen LogP contribution is 2.52. The Morgan fingerprint density at radius 2 is 1.65 bits per heavy atom. The van der Waals surface area contributed by atoms with Gasteiger partial charge in [-0.15, -0.1) is 0 Å². The summed E-state index contributed by atoms with van der Waals surface area (Å²) in [4.78, 5) is 26.8. The number of likely N-dealkylation sites (tertiary alicyclic amines) is 1. The first-order chi connectivity index (χ1) is 12.6. The minimum atomic E-state index is -0.811. The monoisotopic (exact) mass is 356 g/mol.